The first-order chi connectivity index (χ1) is 13.6. The van der Waals surface area contributed by atoms with Gasteiger partial charge in [0.1, 0.15) is 11.3 Å². The van der Waals surface area contributed by atoms with Crippen LogP contribution in [0.2, 0.25) is 0 Å². The van der Waals surface area contributed by atoms with Gasteiger partial charge in [-0.1, -0.05) is 17.3 Å². The summed E-state index contributed by atoms with van der Waals surface area (Å²) >= 11 is 0. The molecular formula is C20H15N5O3. The number of pyridine rings is 2. The lowest BCUT2D eigenvalue weighted by molar-refractivity contribution is 0.208. The maximum absolute atomic E-state index is 12.4. The molecule has 5 rings (SSSR count). The van der Waals surface area contributed by atoms with Gasteiger partial charge in [0.2, 0.25) is 5.88 Å². The van der Waals surface area contributed by atoms with E-state index in [1.165, 1.54) is 4.73 Å². The molecule has 0 fully saturated rings. The summed E-state index contributed by atoms with van der Waals surface area (Å²) in [5.41, 5.74) is 4.22. The monoisotopic (exact) mass is 373 g/mol. The fraction of sp³-hybridized carbons (Fsp3) is 0.100. The Morgan fingerprint density at radius 1 is 1.14 bits per heavy atom. The molecule has 0 atom stereocenters. The highest BCUT2D eigenvalue weighted by molar-refractivity contribution is 6.03. The van der Waals surface area contributed by atoms with E-state index in [4.69, 9.17) is 9.36 Å². The Balaban J connectivity index is 1.72. The Morgan fingerprint density at radius 3 is 2.79 bits per heavy atom. The number of aromatic nitrogens is 5. The van der Waals surface area contributed by atoms with Crippen LogP contribution < -0.4 is 10.5 Å². The normalized spacial score (nSPS) is 11.4. The lowest BCUT2D eigenvalue weighted by Gasteiger charge is -2.07. The fourth-order valence-corrected chi connectivity index (χ4v) is 3.39. The highest BCUT2D eigenvalue weighted by atomic mass is 16.7. The number of benzene rings is 1. The van der Waals surface area contributed by atoms with Gasteiger partial charge in [-0.15, -0.1) is 4.73 Å². The van der Waals surface area contributed by atoms with Crippen molar-refractivity contribution in [3.63, 3.8) is 0 Å². The summed E-state index contributed by atoms with van der Waals surface area (Å²) in [6, 6.07) is 11.1. The molecule has 0 bridgehead atoms. The van der Waals surface area contributed by atoms with Gasteiger partial charge in [0.05, 0.1) is 22.9 Å². The van der Waals surface area contributed by atoms with E-state index in [2.05, 4.69) is 20.1 Å². The smallest absolute Gasteiger partial charge is 0.360 e. The summed E-state index contributed by atoms with van der Waals surface area (Å²) in [5, 5.41) is 4.79. The minimum absolute atomic E-state index is 0.322. The molecule has 0 saturated carbocycles. The topological polar surface area (TPSA) is 98.8 Å². The maximum Gasteiger partial charge on any atom is 0.360 e. The van der Waals surface area contributed by atoms with Crippen molar-refractivity contribution in [1.82, 2.24) is 24.8 Å². The number of hydrogen-bond donors (Lipinski definition) is 1. The predicted molar refractivity (Wildman–Crippen MR) is 103 cm³/mol. The maximum atomic E-state index is 12.4. The molecule has 4 aromatic heterocycles. The van der Waals surface area contributed by atoms with Gasteiger partial charge in [-0.3, -0.25) is 4.98 Å². The van der Waals surface area contributed by atoms with Crippen molar-refractivity contribution in [3.8, 4) is 17.0 Å². The van der Waals surface area contributed by atoms with Crippen LogP contribution in [0.5, 0.6) is 5.88 Å². The summed E-state index contributed by atoms with van der Waals surface area (Å²) in [6.45, 7) is 3.78. The van der Waals surface area contributed by atoms with Crippen molar-refractivity contribution < 1.29 is 9.36 Å². The van der Waals surface area contributed by atoms with E-state index in [1.807, 2.05) is 32.0 Å². The molecule has 0 unspecified atom stereocenters. The minimum atomic E-state index is -0.398. The molecule has 0 amide bonds. The van der Waals surface area contributed by atoms with Crippen LogP contribution in [0.3, 0.4) is 0 Å². The summed E-state index contributed by atoms with van der Waals surface area (Å²) in [7, 11) is 0. The number of hydrogen-bond acceptors (Lipinski definition) is 6. The molecule has 0 spiro atoms. The van der Waals surface area contributed by atoms with Gasteiger partial charge in [0.25, 0.3) is 0 Å². The number of rotatable bonds is 3. The second-order valence-corrected chi connectivity index (χ2v) is 6.44. The van der Waals surface area contributed by atoms with Crippen molar-refractivity contribution in [2.45, 2.75) is 13.8 Å². The highest BCUT2D eigenvalue weighted by Crippen LogP contribution is 2.31. The van der Waals surface area contributed by atoms with E-state index in [-0.39, 0.29) is 0 Å². The number of nitrogens with zero attached hydrogens (tertiary/aromatic N) is 4. The van der Waals surface area contributed by atoms with E-state index < -0.39 is 5.69 Å². The zero-order valence-electron chi connectivity index (χ0n) is 15.1. The van der Waals surface area contributed by atoms with Crippen molar-refractivity contribution in [2.75, 3.05) is 0 Å². The summed E-state index contributed by atoms with van der Waals surface area (Å²) in [6.07, 6.45) is 3.22. The Hall–Kier alpha value is -3.94. The van der Waals surface area contributed by atoms with Crippen molar-refractivity contribution in [1.29, 1.82) is 0 Å². The van der Waals surface area contributed by atoms with Gasteiger partial charge < -0.3 is 14.3 Å². The number of imidazole rings is 1. The largest absolute Gasteiger partial charge is 0.361 e. The predicted octanol–water partition coefficient (Wildman–Crippen LogP) is 3.39. The van der Waals surface area contributed by atoms with Crippen LogP contribution in [0.25, 0.3) is 33.1 Å². The van der Waals surface area contributed by atoms with Crippen molar-refractivity contribution >= 4 is 21.9 Å². The van der Waals surface area contributed by atoms with E-state index in [1.54, 1.807) is 30.6 Å². The molecule has 0 saturated heterocycles. The Labute approximate surface area is 158 Å². The first-order valence-electron chi connectivity index (χ1n) is 8.68. The number of nitrogens with one attached hydrogen (secondary N) is 1. The molecular weight excluding hydrogens is 358 g/mol. The van der Waals surface area contributed by atoms with Crippen LogP contribution in [0.15, 0.2) is 58.1 Å². The van der Waals surface area contributed by atoms with Gasteiger partial charge in [-0.2, -0.15) is 0 Å². The Kier molecular flexibility index (Phi) is 3.51. The fourth-order valence-electron chi connectivity index (χ4n) is 3.39. The Morgan fingerprint density at radius 2 is 2.04 bits per heavy atom. The van der Waals surface area contributed by atoms with Crippen LogP contribution in [-0.2, 0) is 0 Å². The standard InChI is InChI=1S/C20H15N5O3/c1-11-18(12(2)27-24-11)13-6-7-14-15(9-13)22-10-16-19(14)25(20(26)23-16)28-17-5-3-4-8-21-17/h3-10H,1-2H3,(H,23,26). The number of aromatic amines is 1. The molecule has 138 valence electrons. The van der Waals surface area contributed by atoms with E-state index in [0.29, 0.717) is 16.9 Å². The van der Waals surface area contributed by atoms with Crippen LogP contribution in [-0.4, -0.2) is 24.8 Å². The molecule has 0 aliphatic heterocycles. The SMILES string of the molecule is Cc1noc(C)c1-c1ccc2c(c1)ncc1[nH]c(=O)n(Oc3ccccn3)c12. The minimum Gasteiger partial charge on any atom is -0.361 e. The lowest BCUT2D eigenvalue weighted by atomic mass is 10.0. The first kappa shape index (κ1) is 16.2. The van der Waals surface area contributed by atoms with Gasteiger partial charge in [-0.05, 0) is 37.6 Å². The van der Waals surface area contributed by atoms with Crippen LogP contribution in [0.1, 0.15) is 11.5 Å². The van der Waals surface area contributed by atoms with Crippen molar-refractivity contribution in [2.24, 2.45) is 0 Å². The number of H-pyrrole nitrogens is 1. The van der Waals surface area contributed by atoms with Crippen LogP contribution in [0, 0.1) is 13.8 Å². The average Bonchev–Trinajstić information content (AvgIpc) is 3.21. The van der Waals surface area contributed by atoms with E-state index in [0.717, 1.165) is 33.5 Å². The van der Waals surface area contributed by atoms with Gasteiger partial charge >= 0.3 is 5.69 Å². The first-order valence-corrected chi connectivity index (χ1v) is 8.68. The molecule has 28 heavy (non-hydrogen) atoms. The molecule has 8 heteroatoms. The van der Waals surface area contributed by atoms with Gasteiger partial charge in [-0.25, -0.2) is 9.78 Å². The second kappa shape index (κ2) is 6.05. The van der Waals surface area contributed by atoms with Crippen molar-refractivity contribution in [3.05, 3.63) is 70.7 Å². The quantitative estimate of drug-likeness (QED) is 0.520. The Bertz CT molecular complexity index is 1360. The van der Waals surface area contributed by atoms with Crippen LogP contribution in [0.4, 0.5) is 0 Å². The van der Waals surface area contributed by atoms with Gasteiger partial charge in [0, 0.05) is 23.2 Å². The zero-order chi connectivity index (χ0) is 19.3. The van der Waals surface area contributed by atoms with E-state index >= 15 is 0 Å². The summed E-state index contributed by atoms with van der Waals surface area (Å²) < 4.78 is 6.48. The third-order valence-electron chi connectivity index (χ3n) is 4.61. The molecule has 0 aliphatic rings. The molecule has 1 aromatic carbocycles. The average molecular weight is 373 g/mol. The summed E-state index contributed by atoms with van der Waals surface area (Å²) in [4.78, 5) is 29.5. The van der Waals surface area contributed by atoms with Gasteiger partial charge in [0.15, 0.2) is 0 Å². The summed E-state index contributed by atoms with van der Waals surface area (Å²) in [5.74, 6) is 1.07. The molecule has 0 aliphatic carbocycles. The zero-order valence-corrected chi connectivity index (χ0v) is 15.1. The molecule has 4 heterocycles. The lowest BCUT2D eigenvalue weighted by Crippen LogP contribution is -2.21. The third-order valence-corrected chi connectivity index (χ3v) is 4.61. The molecule has 1 N–H and O–H groups in total. The molecule has 5 aromatic rings. The number of aryl methyl sites for hydroxylation is 2. The van der Waals surface area contributed by atoms with Crippen LogP contribution >= 0.6 is 0 Å². The molecule has 0 radical (unpaired) electrons. The number of fused-ring (bicyclic) bond motifs is 3. The molecule has 8 nitrogen and oxygen atoms in total. The third kappa shape index (κ3) is 2.46. The second-order valence-electron chi connectivity index (χ2n) is 6.44. The van der Waals surface area contributed by atoms with E-state index in [9.17, 15) is 4.79 Å². The highest BCUT2D eigenvalue weighted by Gasteiger charge is 2.16.